The van der Waals surface area contributed by atoms with Gasteiger partial charge in [0.25, 0.3) is 0 Å². The Labute approximate surface area is 120 Å². The van der Waals surface area contributed by atoms with Gasteiger partial charge in [-0.25, -0.2) is 0 Å². The molecule has 0 bridgehead atoms. The van der Waals surface area contributed by atoms with E-state index in [2.05, 4.69) is 43.4 Å². The Balaban J connectivity index is 2.02. The number of ether oxygens (including phenoxy) is 1. The van der Waals surface area contributed by atoms with Crippen molar-refractivity contribution in [2.75, 3.05) is 17.7 Å². The molecule has 3 heteroatoms. The van der Waals surface area contributed by atoms with Gasteiger partial charge in [0.05, 0.1) is 12.3 Å². The van der Waals surface area contributed by atoms with Crippen molar-refractivity contribution in [1.29, 1.82) is 0 Å². The number of hydrogen-bond donors (Lipinski definition) is 2. The highest BCUT2D eigenvalue weighted by Gasteiger charge is 2.02. The number of nitrogens with one attached hydrogen (secondary N) is 1. The number of aryl methyl sites for hydroxylation is 1. The minimum Gasteiger partial charge on any atom is -0.491 e. The summed E-state index contributed by atoms with van der Waals surface area (Å²) in [4.78, 5) is 0. The summed E-state index contributed by atoms with van der Waals surface area (Å²) in [5, 5.41) is 3.40. The van der Waals surface area contributed by atoms with Crippen LogP contribution in [-0.4, -0.2) is 6.61 Å². The molecule has 0 radical (unpaired) electrons. The predicted molar refractivity (Wildman–Crippen MR) is 85.1 cm³/mol. The van der Waals surface area contributed by atoms with Crippen LogP contribution in [0, 0.1) is 6.92 Å². The third-order valence-corrected chi connectivity index (χ3v) is 3.05. The Bertz CT molecular complexity index is 567. The molecule has 0 aromatic heterocycles. The Hall–Kier alpha value is -2.16. The van der Waals surface area contributed by atoms with E-state index >= 15 is 0 Å². The molecule has 0 aliphatic carbocycles. The molecule has 0 unspecified atom stereocenters. The van der Waals surface area contributed by atoms with Crippen LogP contribution < -0.4 is 15.8 Å². The molecule has 0 fully saturated rings. The Morgan fingerprint density at radius 2 is 2.00 bits per heavy atom. The van der Waals surface area contributed by atoms with Gasteiger partial charge in [0, 0.05) is 18.3 Å². The largest absolute Gasteiger partial charge is 0.491 e. The molecule has 0 aliphatic heterocycles. The molecule has 0 heterocycles. The zero-order valence-corrected chi connectivity index (χ0v) is 12.1. The van der Waals surface area contributed by atoms with Crippen LogP contribution in [0.15, 0.2) is 42.5 Å². The second-order valence-corrected chi connectivity index (χ2v) is 4.94. The molecular formula is C17H22N2O. The summed E-state index contributed by atoms with van der Waals surface area (Å²) < 4.78 is 5.63. The molecule has 0 saturated heterocycles. The van der Waals surface area contributed by atoms with Crippen LogP contribution in [0.2, 0.25) is 0 Å². The fraction of sp³-hybridized carbons (Fsp3) is 0.294. The molecule has 2 aromatic rings. The lowest BCUT2D eigenvalue weighted by molar-refractivity contribution is 0.319. The molecule has 2 rings (SSSR count). The monoisotopic (exact) mass is 270 g/mol. The van der Waals surface area contributed by atoms with Crippen LogP contribution >= 0.6 is 0 Å². The first-order valence-electron chi connectivity index (χ1n) is 7.01. The first kappa shape index (κ1) is 14.3. The van der Waals surface area contributed by atoms with Gasteiger partial charge in [0.2, 0.25) is 0 Å². The van der Waals surface area contributed by atoms with Crippen molar-refractivity contribution in [3.63, 3.8) is 0 Å². The zero-order valence-electron chi connectivity index (χ0n) is 12.1. The predicted octanol–water partition coefficient (Wildman–Crippen LogP) is 3.98. The van der Waals surface area contributed by atoms with Gasteiger partial charge in [0.1, 0.15) is 5.75 Å². The minimum atomic E-state index is 0.680. The first-order valence-corrected chi connectivity index (χ1v) is 7.01. The first-order chi connectivity index (χ1) is 9.69. The van der Waals surface area contributed by atoms with Crippen LogP contribution in [0.1, 0.15) is 24.5 Å². The van der Waals surface area contributed by atoms with Crippen molar-refractivity contribution < 1.29 is 4.74 Å². The van der Waals surface area contributed by atoms with E-state index in [0.29, 0.717) is 12.3 Å². The lowest BCUT2D eigenvalue weighted by atomic mass is 10.1. The van der Waals surface area contributed by atoms with Crippen LogP contribution in [0.5, 0.6) is 5.75 Å². The standard InChI is InChI=1S/C17H22N2O/c1-3-9-20-17-11-15(7-8-16(17)18)19-12-14-6-4-5-13(2)10-14/h4-8,10-11,19H,3,9,12,18H2,1-2H3. The van der Waals surface area contributed by atoms with Crippen molar-refractivity contribution in [3.8, 4) is 5.75 Å². The van der Waals surface area contributed by atoms with E-state index in [4.69, 9.17) is 10.5 Å². The molecule has 0 amide bonds. The average Bonchev–Trinajstić information content (AvgIpc) is 2.45. The van der Waals surface area contributed by atoms with Gasteiger partial charge in [-0.3, -0.25) is 0 Å². The number of nitrogens with two attached hydrogens (primary N) is 1. The zero-order chi connectivity index (χ0) is 14.4. The van der Waals surface area contributed by atoms with Crippen LogP contribution in [-0.2, 0) is 6.54 Å². The van der Waals surface area contributed by atoms with E-state index in [0.717, 1.165) is 24.4 Å². The van der Waals surface area contributed by atoms with Gasteiger partial charge < -0.3 is 15.8 Å². The van der Waals surface area contributed by atoms with Crippen molar-refractivity contribution in [2.45, 2.75) is 26.8 Å². The fourth-order valence-electron chi connectivity index (χ4n) is 2.01. The van der Waals surface area contributed by atoms with Gasteiger partial charge in [-0.1, -0.05) is 36.8 Å². The quantitative estimate of drug-likeness (QED) is 0.781. The van der Waals surface area contributed by atoms with Crippen LogP contribution in [0.25, 0.3) is 0 Å². The van der Waals surface area contributed by atoms with Crippen LogP contribution in [0.4, 0.5) is 11.4 Å². The summed E-state index contributed by atoms with van der Waals surface area (Å²) in [7, 11) is 0. The highest BCUT2D eigenvalue weighted by molar-refractivity contribution is 5.61. The van der Waals surface area contributed by atoms with E-state index in [9.17, 15) is 0 Å². The maximum atomic E-state index is 5.90. The van der Waals surface area contributed by atoms with Crippen molar-refractivity contribution in [2.24, 2.45) is 0 Å². The van der Waals surface area contributed by atoms with E-state index in [1.807, 2.05) is 18.2 Å². The van der Waals surface area contributed by atoms with Gasteiger partial charge in [-0.15, -0.1) is 0 Å². The van der Waals surface area contributed by atoms with Gasteiger partial charge in [-0.05, 0) is 31.0 Å². The summed E-state index contributed by atoms with van der Waals surface area (Å²) in [5.41, 5.74) is 10.1. The molecule has 2 aromatic carbocycles. The fourth-order valence-corrected chi connectivity index (χ4v) is 2.01. The highest BCUT2D eigenvalue weighted by Crippen LogP contribution is 2.26. The lowest BCUT2D eigenvalue weighted by Gasteiger charge is -2.12. The van der Waals surface area contributed by atoms with E-state index in [-0.39, 0.29) is 0 Å². The molecule has 0 atom stereocenters. The molecule has 0 aliphatic rings. The number of rotatable bonds is 6. The number of nitrogen functional groups attached to an aromatic ring is 1. The summed E-state index contributed by atoms with van der Waals surface area (Å²) in [6, 6.07) is 14.3. The average molecular weight is 270 g/mol. The number of benzene rings is 2. The molecule has 20 heavy (non-hydrogen) atoms. The topological polar surface area (TPSA) is 47.3 Å². The number of anilines is 2. The maximum absolute atomic E-state index is 5.90. The smallest absolute Gasteiger partial charge is 0.144 e. The van der Waals surface area contributed by atoms with Crippen LogP contribution in [0.3, 0.4) is 0 Å². The Morgan fingerprint density at radius 1 is 1.15 bits per heavy atom. The Kier molecular flexibility index (Phi) is 4.88. The molecular weight excluding hydrogens is 248 g/mol. The van der Waals surface area contributed by atoms with E-state index in [1.165, 1.54) is 11.1 Å². The molecule has 0 saturated carbocycles. The summed E-state index contributed by atoms with van der Waals surface area (Å²) in [6.45, 7) is 5.66. The second-order valence-electron chi connectivity index (χ2n) is 4.94. The van der Waals surface area contributed by atoms with Gasteiger partial charge >= 0.3 is 0 Å². The van der Waals surface area contributed by atoms with Crippen molar-refractivity contribution in [3.05, 3.63) is 53.6 Å². The van der Waals surface area contributed by atoms with E-state index < -0.39 is 0 Å². The Morgan fingerprint density at radius 3 is 2.75 bits per heavy atom. The molecule has 0 spiro atoms. The number of hydrogen-bond acceptors (Lipinski definition) is 3. The van der Waals surface area contributed by atoms with Gasteiger partial charge in [-0.2, -0.15) is 0 Å². The summed E-state index contributed by atoms with van der Waals surface area (Å²) in [6.07, 6.45) is 0.973. The summed E-state index contributed by atoms with van der Waals surface area (Å²) >= 11 is 0. The third kappa shape index (κ3) is 3.92. The molecule has 3 nitrogen and oxygen atoms in total. The second kappa shape index (κ2) is 6.85. The lowest BCUT2D eigenvalue weighted by Crippen LogP contribution is -2.02. The minimum absolute atomic E-state index is 0.680. The van der Waals surface area contributed by atoms with Crippen molar-refractivity contribution >= 4 is 11.4 Å². The van der Waals surface area contributed by atoms with Gasteiger partial charge in [0.15, 0.2) is 0 Å². The van der Waals surface area contributed by atoms with Crippen molar-refractivity contribution in [1.82, 2.24) is 0 Å². The highest BCUT2D eigenvalue weighted by atomic mass is 16.5. The molecule has 106 valence electrons. The normalized spacial score (nSPS) is 10.3. The SMILES string of the molecule is CCCOc1cc(NCc2cccc(C)c2)ccc1N. The third-order valence-electron chi connectivity index (χ3n) is 3.05. The maximum Gasteiger partial charge on any atom is 0.144 e. The molecule has 3 N–H and O–H groups in total. The van der Waals surface area contributed by atoms with E-state index in [1.54, 1.807) is 0 Å². The summed E-state index contributed by atoms with van der Waals surface area (Å²) in [5.74, 6) is 0.751.